The largest absolute Gasteiger partial charge is 0.395 e. The van der Waals surface area contributed by atoms with Gasteiger partial charge in [0.15, 0.2) is 0 Å². The Morgan fingerprint density at radius 1 is 1.10 bits per heavy atom. The van der Waals surface area contributed by atoms with E-state index in [-0.39, 0.29) is 43.4 Å². The molecule has 4 rings (SSSR count). The number of carbonyl (C=O) groups excluding carboxylic acids is 1. The number of aryl methyl sites for hydroxylation is 1. The molecule has 224 valence electrons. The zero-order valence-electron chi connectivity index (χ0n) is 22.6. The van der Waals surface area contributed by atoms with Gasteiger partial charge >= 0.3 is 0 Å². The quantitative estimate of drug-likeness (QED) is 0.348. The van der Waals surface area contributed by atoms with E-state index in [9.17, 15) is 27.1 Å². The maximum atomic E-state index is 13.7. The molecule has 41 heavy (non-hydrogen) atoms. The zero-order valence-corrected chi connectivity index (χ0v) is 26.6. The standard InChI is InChI=1S/C26H32Br2F2N6O4S/c1-16-13-22(33-25(31-16)36-11-7-26(29,30)8-12-36)32-24(38)20-4-3-19(34-41(39,40)17(2)15-37)14-21(20)35-9-5-18(6-10-35)23(27)28/h3-4,13-14,17,34,37H,5-12,15H2,1-2H3,(H,31,32,33,38)/t17-/m1/s1. The van der Waals surface area contributed by atoms with Crippen molar-refractivity contribution in [3.8, 4) is 0 Å². The van der Waals surface area contributed by atoms with Gasteiger partial charge in [0, 0.05) is 50.8 Å². The fraction of sp³-hybridized carbons (Fsp3) is 0.500. The van der Waals surface area contributed by atoms with Crippen LogP contribution in [-0.4, -0.2) is 73.4 Å². The van der Waals surface area contributed by atoms with Crippen LogP contribution >= 0.6 is 31.9 Å². The number of hydrogen-bond acceptors (Lipinski definition) is 8. The van der Waals surface area contributed by atoms with Crippen molar-refractivity contribution >= 4 is 70.9 Å². The maximum absolute atomic E-state index is 13.7. The van der Waals surface area contributed by atoms with Crippen molar-refractivity contribution in [2.24, 2.45) is 0 Å². The summed E-state index contributed by atoms with van der Waals surface area (Å²) in [6.45, 7) is 4.00. The van der Waals surface area contributed by atoms with Gasteiger partial charge < -0.3 is 20.2 Å². The number of benzene rings is 1. The first-order chi connectivity index (χ1) is 19.3. The number of rotatable bonds is 8. The number of aliphatic hydroxyl groups is 1. The molecular formula is C26H32Br2F2N6O4S. The number of halogens is 4. The number of aliphatic hydroxyl groups excluding tert-OH is 1. The summed E-state index contributed by atoms with van der Waals surface area (Å²) in [4.78, 5) is 26.1. The molecule has 0 spiro atoms. The van der Waals surface area contributed by atoms with Gasteiger partial charge in [-0.1, -0.05) is 0 Å². The molecule has 3 heterocycles. The number of hydrogen-bond donors (Lipinski definition) is 3. The van der Waals surface area contributed by atoms with E-state index in [1.807, 2.05) is 4.90 Å². The topological polar surface area (TPSA) is 128 Å². The van der Waals surface area contributed by atoms with Gasteiger partial charge in [-0.15, -0.1) is 0 Å². The summed E-state index contributed by atoms with van der Waals surface area (Å²) in [6, 6.07) is 6.25. The number of sulfonamides is 1. The molecule has 0 saturated carbocycles. The monoisotopic (exact) mass is 720 g/mol. The third-order valence-corrected chi connectivity index (χ3v) is 9.98. The molecule has 0 radical (unpaired) electrons. The Morgan fingerprint density at radius 2 is 1.76 bits per heavy atom. The van der Waals surface area contributed by atoms with E-state index >= 15 is 0 Å². The van der Waals surface area contributed by atoms with Crippen LogP contribution in [0.25, 0.3) is 0 Å². The molecule has 2 saturated heterocycles. The summed E-state index contributed by atoms with van der Waals surface area (Å²) < 4.78 is 55.9. The second-order valence-corrected chi connectivity index (χ2v) is 15.0. The summed E-state index contributed by atoms with van der Waals surface area (Å²) in [5, 5.41) is 11.1. The Kier molecular flexibility index (Phi) is 9.92. The van der Waals surface area contributed by atoms with Crippen LogP contribution in [0.4, 0.5) is 31.9 Å². The fourth-order valence-corrected chi connectivity index (χ4v) is 6.24. The molecule has 2 aromatic rings. The number of piperidine rings is 2. The van der Waals surface area contributed by atoms with Gasteiger partial charge in [0.05, 0.1) is 26.9 Å². The van der Waals surface area contributed by atoms with Crippen molar-refractivity contribution in [1.29, 1.82) is 0 Å². The lowest BCUT2D eigenvalue weighted by Crippen LogP contribution is -2.40. The Morgan fingerprint density at radius 3 is 2.37 bits per heavy atom. The first-order valence-electron chi connectivity index (χ1n) is 13.1. The van der Waals surface area contributed by atoms with Gasteiger partial charge in [0.2, 0.25) is 16.0 Å². The molecule has 2 fully saturated rings. The van der Waals surface area contributed by atoms with Gasteiger partial charge in [-0.25, -0.2) is 22.2 Å². The second kappa shape index (κ2) is 12.9. The molecule has 15 heteroatoms. The minimum Gasteiger partial charge on any atom is -0.395 e. The van der Waals surface area contributed by atoms with Crippen LogP contribution in [0, 0.1) is 6.92 Å². The highest BCUT2D eigenvalue weighted by molar-refractivity contribution is 9.28. The molecule has 3 N–H and O–H groups in total. The van der Waals surface area contributed by atoms with Crippen LogP contribution in [0.2, 0.25) is 0 Å². The highest BCUT2D eigenvalue weighted by Gasteiger charge is 2.35. The van der Waals surface area contributed by atoms with Crippen molar-refractivity contribution in [2.45, 2.75) is 50.7 Å². The highest BCUT2D eigenvalue weighted by atomic mass is 79.9. The van der Waals surface area contributed by atoms with Crippen molar-refractivity contribution < 1.29 is 27.1 Å². The lowest BCUT2D eigenvalue weighted by Gasteiger charge is -2.32. The molecule has 1 atom stereocenters. The highest BCUT2D eigenvalue weighted by Crippen LogP contribution is 2.34. The van der Waals surface area contributed by atoms with Gasteiger partial charge in [0.25, 0.3) is 11.8 Å². The van der Waals surface area contributed by atoms with Crippen molar-refractivity contribution in [1.82, 2.24) is 9.97 Å². The Balaban J connectivity index is 1.62. The number of alkyl halides is 2. The first-order valence-corrected chi connectivity index (χ1v) is 16.3. The van der Waals surface area contributed by atoms with E-state index in [0.29, 0.717) is 30.0 Å². The molecule has 0 unspecified atom stereocenters. The number of carbonyl (C=O) groups is 1. The molecule has 1 aromatic heterocycles. The minimum absolute atomic E-state index is 0.107. The van der Waals surface area contributed by atoms with Crippen LogP contribution in [0.5, 0.6) is 0 Å². The van der Waals surface area contributed by atoms with E-state index in [4.69, 9.17) is 0 Å². The summed E-state index contributed by atoms with van der Waals surface area (Å²) in [6.07, 6.45) is 0.878. The normalized spacial score (nSPS) is 18.2. The molecule has 0 bridgehead atoms. The van der Waals surface area contributed by atoms with E-state index in [1.165, 1.54) is 18.6 Å². The summed E-state index contributed by atoms with van der Waals surface area (Å²) in [7, 11) is -3.85. The second-order valence-electron chi connectivity index (χ2n) is 10.2. The molecule has 0 aliphatic carbocycles. The van der Waals surface area contributed by atoms with Crippen LogP contribution in [0.3, 0.4) is 0 Å². The third-order valence-electron chi connectivity index (χ3n) is 7.13. The van der Waals surface area contributed by atoms with Gasteiger partial charge in [0.1, 0.15) is 11.1 Å². The SMILES string of the molecule is Cc1cc(NC(=O)c2ccc(NS(=O)(=O)[C@H](C)CO)cc2N2CCC(=C(Br)Br)CC2)nc(N2CCC(F)(F)CC2)n1. The van der Waals surface area contributed by atoms with Crippen LogP contribution < -0.4 is 19.8 Å². The third kappa shape index (κ3) is 7.93. The van der Waals surface area contributed by atoms with Gasteiger partial charge in [-0.3, -0.25) is 9.52 Å². The zero-order chi connectivity index (χ0) is 29.9. The van der Waals surface area contributed by atoms with E-state index < -0.39 is 33.7 Å². The molecule has 1 aromatic carbocycles. The van der Waals surface area contributed by atoms with E-state index in [2.05, 4.69) is 51.9 Å². The molecule has 1 amide bonds. The Bertz CT molecular complexity index is 1420. The lowest BCUT2D eigenvalue weighted by molar-refractivity contribution is -0.0222. The maximum Gasteiger partial charge on any atom is 0.258 e. The van der Waals surface area contributed by atoms with Crippen LogP contribution in [-0.2, 0) is 10.0 Å². The molecule has 10 nitrogen and oxygen atoms in total. The fourth-order valence-electron chi connectivity index (χ4n) is 4.59. The predicted molar refractivity (Wildman–Crippen MR) is 163 cm³/mol. The van der Waals surface area contributed by atoms with E-state index in [0.717, 1.165) is 16.2 Å². The summed E-state index contributed by atoms with van der Waals surface area (Å²) >= 11 is 6.92. The van der Waals surface area contributed by atoms with Crippen LogP contribution in [0.1, 0.15) is 48.7 Å². The average molecular weight is 722 g/mol. The van der Waals surface area contributed by atoms with Crippen molar-refractivity contribution in [3.05, 3.63) is 44.5 Å². The van der Waals surface area contributed by atoms with Gasteiger partial charge in [-0.05, 0) is 82.3 Å². The lowest BCUT2D eigenvalue weighted by atomic mass is 10.0. The minimum atomic E-state index is -3.85. The van der Waals surface area contributed by atoms with Crippen molar-refractivity contribution in [2.75, 3.05) is 52.6 Å². The smallest absolute Gasteiger partial charge is 0.258 e. The first kappa shape index (κ1) is 31.6. The number of amides is 1. The Labute approximate surface area is 254 Å². The number of nitrogens with one attached hydrogen (secondary N) is 2. The Hall–Kier alpha value is -2.36. The average Bonchev–Trinajstić information content (AvgIpc) is 2.92. The van der Waals surface area contributed by atoms with Crippen molar-refractivity contribution in [3.63, 3.8) is 0 Å². The van der Waals surface area contributed by atoms with E-state index in [1.54, 1.807) is 30.0 Å². The van der Waals surface area contributed by atoms with Crippen LogP contribution in [0.15, 0.2) is 33.2 Å². The molecular weight excluding hydrogens is 690 g/mol. The predicted octanol–water partition coefficient (Wildman–Crippen LogP) is 5.00. The number of anilines is 4. The summed E-state index contributed by atoms with van der Waals surface area (Å²) in [5.74, 6) is -2.67. The van der Waals surface area contributed by atoms with Gasteiger partial charge in [-0.2, -0.15) is 4.98 Å². The number of nitrogens with zero attached hydrogens (tertiary/aromatic N) is 4. The molecule has 2 aliphatic heterocycles. The summed E-state index contributed by atoms with van der Waals surface area (Å²) in [5.41, 5.74) is 2.88. The molecule has 2 aliphatic rings. The number of aromatic nitrogens is 2.